The van der Waals surface area contributed by atoms with Crippen LogP contribution in [0.2, 0.25) is 0 Å². The van der Waals surface area contributed by atoms with Crippen molar-refractivity contribution in [2.45, 2.75) is 71.9 Å². The van der Waals surface area contributed by atoms with Crippen molar-refractivity contribution in [1.29, 1.82) is 0 Å². The molecule has 0 aliphatic carbocycles. The molecule has 0 radical (unpaired) electrons. The van der Waals surface area contributed by atoms with E-state index >= 15 is 0 Å². The van der Waals surface area contributed by atoms with Crippen LogP contribution < -0.4 is 10.9 Å². The number of thiophene rings is 1. The Balaban J connectivity index is 1.37. The van der Waals surface area contributed by atoms with Crippen molar-refractivity contribution in [3.05, 3.63) is 26.6 Å². The van der Waals surface area contributed by atoms with E-state index in [4.69, 9.17) is 0 Å². The van der Waals surface area contributed by atoms with Gasteiger partial charge in [0, 0.05) is 30.4 Å². The van der Waals surface area contributed by atoms with Crippen LogP contribution in [0.5, 0.6) is 0 Å². The highest BCUT2D eigenvalue weighted by molar-refractivity contribution is 7.18. The van der Waals surface area contributed by atoms with Crippen molar-refractivity contribution < 1.29 is 4.79 Å². The van der Waals surface area contributed by atoms with E-state index in [9.17, 15) is 9.59 Å². The molecule has 158 valence electrons. The van der Waals surface area contributed by atoms with E-state index in [0.717, 1.165) is 21.8 Å². The molecule has 2 atom stereocenters. The molecule has 0 saturated carbocycles. The molecule has 1 N–H and O–H groups in total. The summed E-state index contributed by atoms with van der Waals surface area (Å²) in [4.78, 5) is 34.6. The summed E-state index contributed by atoms with van der Waals surface area (Å²) < 4.78 is 1.66. The second-order valence-electron chi connectivity index (χ2n) is 8.63. The van der Waals surface area contributed by atoms with Crippen LogP contribution in [0.1, 0.15) is 54.8 Å². The fourth-order valence-corrected chi connectivity index (χ4v) is 6.12. The number of carbonyl (C=O) groups excluding carboxylic acids is 1. The second-order valence-corrected chi connectivity index (χ2v) is 9.84. The third-order valence-electron chi connectivity index (χ3n) is 6.83. The average Bonchev–Trinajstić information content (AvgIpc) is 2.99. The van der Waals surface area contributed by atoms with Crippen LogP contribution in [-0.2, 0) is 11.3 Å². The highest BCUT2D eigenvalue weighted by atomic mass is 32.1. The first-order valence-electron chi connectivity index (χ1n) is 10.9. The number of fused-ring (bicyclic) bond motifs is 2. The zero-order valence-electron chi connectivity index (χ0n) is 17.8. The lowest BCUT2D eigenvalue weighted by Gasteiger charge is -2.44. The summed E-state index contributed by atoms with van der Waals surface area (Å²) in [6.07, 6.45) is 6.64. The van der Waals surface area contributed by atoms with Gasteiger partial charge in [0.2, 0.25) is 5.91 Å². The van der Waals surface area contributed by atoms with Crippen LogP contribution in [0.3, 0.4) is 0 Å². The van der Waals surface area contributed by atoms with Crippen LogP contribution in [0.25, 0.3) is 10.2 Å². The van der Waals surface area contributed by atoms with Crippen molar-refractivity contribution in [3.8, 4) is 0 Å². The van der Waals surface area contributed by atoms with Crippen LogP contribution >= 0.6 is 11.3 Å². The highest BCUT2D eigenvalue weighted by Crippen LogP contribution is 2.30. The Hall–Kier alpha value is -1.73. The molecule has 2 aliphatic rings. The molecular formula is C22H32N4O2S. The van der Waals surface area contributed by atoms with Crippen molar-refractivity contribution in [2.24, 2.45) is 5.92 Å². The molecule has 4 rings (SSSR count). The number of carbonyl (C=O) groups is 1. The number of hydrogen-bond acceptors (Lipinski definition) is 5. The van der Waals surface area contributed by atoms with Crippen LogP contribution in [-0.4, -0.2) is 46.0 Å². The first kappa shape index (κ1) is 20.5. The number of hydrogen-bond donors (Lipinski definition) is 1. The molecule has 2 fully saturated rings. The number of aryl methyl sites for hydroxylation is 3. The summed E-state index contributed by atoms with van der Waals surface area (Å²) in [6.45, 7) is 9.42. The molecule has 0 aromatic carbocycles. The van der Waals surface area contributed by atoms with Gasteiger partial charge >= 0.3 is 0 Å². The SMILES string of the molecule is Cc1sc2nc(C)n(CCC(=O)NC[C@@H]3CCCN4CCCC[C@H]34)c(=O)c2c1C. The van der Waals surface area contributed by atoms with Gasteiger partial charge in [-0.05, 0) is 71.0 Å². The minimum absolute atomic E-state index is 0.0210. The first-order valence-corrected chi connectivity index (χ1v) is 11.7. The summed E-state index contributed by atoms with van der Waals surface area (Å²) in [7, 11) is 0. The normalized spacial score (nSPS) is 22.6. The van der Waals surface area contributed by atoms with E-state index < -0.39 is 0 Å². The topological polar surface area (TPSA) is 67.2 Å². The maximum Gasteiger partial charge on any atom is 0.262 e. The zero-order valence-corrected chi connectivity index (χ0v) is 18.6. The van der Waals surface area contributed by atoms with E-state index in [1.807, 2.05) is 20.8 Å². The molecule has 2 aromatic heterocycles. The Bertz CT molecular complexity index is 962. The third kappa shape index (κ3) is 4.12. The molecule has 2 aromatic rings. The second kappa shape index (κ2) is 8.56. The number of nitrogens with zero attached hydrogens (tertiary/aromatic N) is 3. The predicted molar refractivity (Wildman–Crippen MR) is 118 cm³/mol. The number of aromatic nitrogens is 2. The lowest BCUT2D eigenvalue weighted by atomic mass is 9.83. The summed E-state index contributed by atoms with van der Waals surface area (Å²) in [5.74, 6) is 1.27. The van der Waals surface area contributed by atoms with Gasteiger partial charge in [0.05, 0.1) is 5.39 Å². The summed E-state index contributed by atoms with van der Waals surface area (Å²) in [5.41, 5.74) is 0.988. The molecule has 0 bridgehead atoms. The molecule has 2 saturated heterocycles. The summed E-state index contributed by atoms with van der Waals surface area (Å²) in [5, 5.41) is 3.85. The molecular weight excluding hydrogens is 384 g/mol. The molecule has 4 heterocycles. The minimum Gasteiger partial charge on any atom is -0.356 e. The zero-order chi connectivity index (χ0) is 20.5. The number of rotatable bonds is 5. The van der Waals surface area contributed by atoms with Crippen LogP contribution in [0.15, 0.2) is 4.79 Å². The van der Waals surface area contributed by atoms with Gasteiger partial charge < -0.3 is 10.2 Å². The van der Waals surface area contributed by atoms with Gasteiger partial charge in [-0.15, -0.1) is 11.3 Å². The van der Waals surface area contributed by atoms with Crippen LogP contribution in [0, 0.1) is 26.7 Å². The van der Waals surface area contributed by atoms with Crippen molar-refractivity contribution in [1.82, 2.24) is 19.8 Å². The summed E-state index contributed by atoms with van der Waals surface area (Å²) >= 11 is 1.57. The standard InChI is InChI=1S/C22H32N4O2S/c1-14-15(2)29-21-20(14)22(28)26(16(3)24-21)12-9-19(27)23-13-17-7-6-11-25-10-5-4-8-18(17)25/h17-18H,4-13H2,1-3H3,(H,23,27)/t17-,18+/m0/s1. The Morgan fingerprint density at radius 3 is 2.79 bits per heavy atom. The van der Waals surface area contributed by atoms with E-state index in [2.05, 4.69) is 15.2 Å². The van der Waals surface area contributed by atoms with Gasteiger partial charge in [-0.1, -0.05) is 6.42 Å². The van der Waals surface area contributed by atoms with E-state index in [1.54, 1.807) is 15.9 Å². The highest BCUT2D eigenvalue weighted by Gasteiger charge is 2.32. The number of nitrogens with one attached hydrogen (secondary N) is 1. The van der Waals surface area contributed by atoms with Crippen LogP contribution in [0.4, 0.5) is 0 Å². The van der Waals surface area contributed by atoms with Gasteiger partial charge in [-0.3, -0.25) is 14.2 Å². The minimum atomic E-state index is -0.0210. The largest absolute Gasteiger partial charge is 0.356 e. The number of amides is 1. The first-order chi connectivity index (χ1) is 14.0. The predicted octanol–water partition coefficient (Wildman–Crippen LogP) is 3.15. The van der Waals surface area contributed by atoms with Crippen molar-refractivity contribution >= 4 is 27.5 Å². The van der Waals surface area contributed by atoms with Crippen molar-refractivity contribution in [2.75, 3.05) is 19.6 Å². The van der Waals surface area contributed by atoms with Gasteiger partial charge in [-0.25, -0.2) is 4.98 Å². The summed E-state index contributed by atoms with van der Waals surface area (Å²) in [6, 6.07) is 0.638. The number of piperidine rings is 2. The molecule has 2 aliphatic heterocycles. The van der Waals surface area contributed by atoms with Gasteiger partial charge in [0.1, 0.15) is 10.7 Å². The molecule has 0 spiro atoms. The Labute approximate surface area is 176 Å². The Morgan fingerprint density at radius 1 is 1.17 bits per heavy atom. The quantitative estimate of drug-likeness (QED) is 0.813. The fourth-order valence-electron chi connectivity index (χ4n) is 5.05. The van der Waals surface area contributed by atoms with Gasteiger partial charge in [0.15, 0.2) is 0 Å². The third-order valence-corrected chi connectivity index (χ3v) is 7.93. The van der Waals surface area contributed by atoms with Gasteiger partial charge in [-0.2, -0.15) is 0 Å². The monoisotopic (exact) mass is 416 g/mol. The maximum atomic E-state index is 13.0. The Morgan fingerprint density at radius 2 is 1.97 bits per heavy atom. The average molecular weight is 417 g/mol. The fraction of sp³-hybridized carbons (Fsp3) is 0.682. The maximum absolute atomic E-state index is 13.0. The molecule has 7 heteroatoms. The van der Waals surface area contributed by atoms with Crippen molar-refractivity contribution in [3.63, 3.8) is 0 Å². The Kier molecular flexibility index (Phi) is 6.06. The molecule has 29 heavy (non-hydrogen) atoms. The van der Waals surface area contributed by atoms with Gasteiger partial charge in [0.25, 0.3) is 5.56 Å². The lowest BCUT2D eigenvalue weighted by Crippen LogP contribution is -2.51. The molecule has 6 nitrogen and oxygen atoms in total. The van der Waals surface area contributed by atoms with E-state index in [1.165, 1.54) is 45.2 Å². The van der Waals surface area contributed by atoms with E-state index in [-0.39, 0.29) is 11.5 Å². The van der Waals surface area contributed by atoms with E-state index in [0.29, 0.717) is 36.1 Å². The lowest BCUT2D eigenvalue weighted by molar-refractivity contribution is -0.121. The molecule has 0 unspecified atom stereocenters. The molecule has 1 amide bonds. The smallest absolute Gasteiger partial charge is 0.262 e.